The van der Waals surface area contributed by atoms with Crippen LogP contribution in [0.3, 0.4) is 0 Å². The molecule has 6 nitrogen and oxygen atoms in total. The van der Waals surface area contributed by atoms with Gasteiger partial charge in [-0.3, -0.25) is 0 Å². The molecule has 0 aliphatic carbocycles. The van der Waals surface area contributed by atoms with Gasteiger partial charge in [-0.15, -0.1) is 0 Å². The van der Waals surface area contributed by atoms with Crippen molar-refractivity contribution >= 4 is 99.5 Å². The lowest BCUT2D eigenvalue weighted by Gasteiger charge is -2.26. The number of nitriles is 2. The second-order valence-electron chi connectivity index (χ2n) is 15.9. The van der Waals surface area contributed by atoms with Crippen molar-refractivity contribution in [3.05, 3.63) is 192 Å². The molecule has 0 saturated carbocycles. The average molecular weight is 879 g/mol. The van der Waals surface area contributed by atoms with Crippen LogP contribution in [0.2, 0.25) is 0 Å². The molecule has 0 aliphatic heterocycles. The highest BCUT2D eigenvalue weighted by Gasteiger charge is 2.31. The van der Waals surface area contributed by atoms with Crippen LogP contribution in [0.5, 0.6) is 0 Å². The topological polar surface area (TPSA) is 80.3 Å². The highest BCUT2D eigenvalue weighted by Crippen LogP contribution is 2.44. The predicted octanol–water partition coefficient (Wildman–Crippen LogP) is 16.5. The lowest BCUT2D eigenvalue weighted by Crippen LogP contribution is -2.11. The molecule has 0 fully saturated rings. The molecule has 12 heteroatoms. The number of hydrogen-bond donors (Lipinski definition) is 0. The third-order valence-electron chi connectivity index (χ3n) is 11.9. The van der Waals surface area contributed by atoms with E-state index in [4.69, 9.17) is 8.83 Å². The van der Waals surface area contributed by atoms with Gasteiger partial charge < -0.3 is 18.6 Å². The molecule has 0 saturated heterocycles. The van der Waals surface area contributed by atoms with Crippen molar-refractivity contribution in [1.29, 1.82) is 10.5 Å². The van der Waals surface area contributed by atoms with E-state index < -0.39 is 23.5 Å². The average Bonchev–Trinajstić information content (AvgIpc) is 3.85. The van der Waals surface area contributed by atoms with Crippen LogP contribution in [0.1, 0.15) is 22.3 Å². The summed E-state index contributed by atoms with van der Waals surface area (Å²) in [4.78, 5) is 3.66. The zero-order valence-electron chi connectivity index (χ0n) is 34.0. The Hall–Kier alpha value is -8.74. The molecule has 0 unspecified atom stereocenters. The number of halogens is 6. The van der Waals surface area contributed by atoms with Crippen LogP contribution in [0.4, 0.5) is 60.5 Å². The molecule has 0 spiro atoms. The van der Waals surface area contributed by atoms with E-state index in [0.717, 1.165) is 67.4 Å². The van der Waals surface area contributed by atoms with Crippen molar-refractivity contribution in [2.75, 3.05) is 9.80 Å². The number of benzene rings is 9. The van der Waals surface area contributed by atoms with E-state index in [-0.39, 0.29) is 0 Å². The zero-order chi connectivity index (χ0) is 45.5. The molecule has 0 radical (unpaired) electrons. The summed E-state index contributed by atoms with van der Waals surface area (Å²) < 4.78 is 94.0. The van der Waals surface area contributed by atoms with Crippen molar-refractivity contribution in [2.24, 2.45) is 0 Å². The highest BCUT2D eigenvalue weighted by atomic mass is 19.4. The molecule has 0 N–H and O–H groups in total. The molecule has 0 atom stereocenters. The summed E-state index contributed by atoms with van der Waals surface area (Å²) in [5, 5.41) is 25.7. The van der Waals surface area contributed by atoms with Crippen LogP contribution >= 0.6 is 0 Å². The van der Waals surface area contributed by atoms with Crippen LogP contribution in [0.15, 0.2) is 179 Å². The van der Waals surface area contributed by atoms with Gasteiger partial charge >= 0.3 is 12.4 Å². The van der Waals surface area contributed by atoms with Crippen molar-refractivity contribution in [1.82, 2.24) is 0 Å². The van der Waals surface area contributed by atoms with Crippen LogP contribution in [-0.4, -0.2) is 0 Å². The summed E-state index contributed by atoms with van der Waals surface area (Å²) in [6.45, 7) is 0. The van der Waals surface area contributed by atoms with Gasteiger partial charge in [-0.25, -0.2) is 0 Å². The van der Waals surface area contributed by atoms with E-state index in [2.05, 4.69) is 12.1 Å². The maximum absolute atomic E-state index is 13.5. The van der Waals surface area contributed by atoms with E-state index >= 15 is 0 Å². The Labute approximate surface area is 370 Å². The van der Waals surface area contributed by atoms with Gasteiger partial charge in [-0.1, -0.05) is 12.1 Å². The number of alkyl halides is 6. The Morgan fingerprint density at radius 3 is 0.970 bits per heavy atom. The summed E-state index contributed by atoms with van der Waals surface area (Å²) >= 11 is 0. The fourth-order valence-corrected chi connectivity index (χ4v) is 8.65. The van der Waals surface area contributed by atoms with Crippen molar-refractivity contribution in [3.8, 4) is 12.1 Å². The standard InChI is InChI=1S/C54H28F6N4O2/c55-53(56,57)37-7-17-41(18-8-37)63(39-11-1-31(29-61)2-12-39)43-15-5-33-23-45-47-27-52-48(28-51(47)65-49(45)25-35(33)21-43)46-24-34-6-16-44(22-36(34)26-50(46)66-52)64(40-13-3-32(30-62)4-14-40)42-19-9-38(10-20-42)54(58,59)60/h1-28H. The molecule has 318 valence electrons. The van der Waals surface area contributed by atoms with Crippen LogP contribution in [-0.2, 0) is 12.4 Å². The smallest absolute Gasteiger partial charge is 0.416 e. The largest absolute Gasteiger partial charge is 0.456 e. The molecule has 11 aromatic rings. The van der Waals surface area contributed by atoms with Crippen molar-refractivity contribution in [2.45, 2.75) is 12.4 Å². The fraction of sp³-hybridized carbons (Fsp3) is 0.0370. The monoisotopic (exact) mass is 878 g/mol. The van der Waals surface area contributed by atoms with E-state index in [1.54, 1.807) is 48.5 Å². The normalized spacial score (nSPS) is 12.1. The molecule has 0 amide bonds. The lowest BCUT2D eigenvalue weighted by atomic mass is 10.0. The Kier molecular flexibility index (Phi) is 9.06. The second-order valence-corrected chi connectivity index (χ2v) is 15.9. The highest BCUT2D eigenvalue weighted by molar-refractivity contribution is 6.18. The van der Waals surface area contributed by atoms with Gasteiger partial charge in [0.2, 0.25) is 0 Å². The first kappa shape index (κ1) is 40.1. The minimum Gasteiger partial charge on any atom is -0.456 e. The fourth-order valence-electron chi connectivity index (χ4n) is 8.65. The minimum atomic E-state index is -4.49. The molecule has 9 aromatic carbocycles. The van der Waals surface area contributed by atoms with Crippen LogP contribution < -0.4 is 9.80 Å². The molecule has 2 aromatic heterocycles. The quantitative estimate of drug-likeness (QED) is 0.155. The lowest BCUT2D eigenvalue weighted by molar-refractivity contribution is -0.138. The van der Waals surface area contributed by atoms with Gasteiger partial charge in [0.05, 0.1) is 34.4 Å². The van der Waals surface area contributed by atoms with E-state index in [1.165, 1.54) is 24.3 Å². The third kappa shape index (κ3) is 6.93. The summed E-state index contributed by atoms with van der Waals surface area (Å²) in [6, 6.07) is 51.2. The summed E-state index contributed by atoms with van der Waals surface area (Å²) in [6.07, 6.45) is -8.98. The van der Waals surface area contributed by atoms with Crippen LogP contribution in [0, 0.1) is 22.7 Å². The van der Waals surface area contributed by atoms with E-state index in [9.17, 15) is 36.9 Å². The van der Waals surface area contributed by atoms with E-state index in [1.807, 2.05) is 82.6 Å². The predicted molar refractivity (Wildman–Crippen MR) is 245 cm³/mol. The first-order chi connectivity index (χ1) is 31.8. The third-order valence-corrected chi connectivity index (χ3v) is 11.9. The van der Waals surface area contributed by atoms with Crippen molar-refractivity contribution in [3.63, 3.8) is 0 Å². The van der Waals surface area contributed by atoms with Gasteiger partial charge in [0.1, 0.15) is 22.3 Å². The number of anilines is 6. The first-order valence-corrected chi connectivity index (χ1v) is 20.5. The second kappa shape index (κ2) is 14.9. The summed E-state index contributed by atoms with van der Waals surface area (Å²) in [5.74, 6) is 0. The summed E-state index contributed by atoms with van der Waals surface area (Å²) in [5.41, 5.74) is 5.62. The van der Waals surface area contributed by atoms with Crippen molar-refractivity contribution < 1.29 is 35.2 Å². The number of furan rings is 2. The van der Waals surface area contributed by atoms with Crippen LogP contribution in [0.25, 0.3) is 65.4 Å². The summed E-state index contributed by atoms with van der Waals surface area (Å²) in [7, 11) is 0. The SMILES string of the molecule is N#Cc1ccc(N(c2ccc(C(F)(F)F)cc2)c2ccc3cc4c(cc3c2)oc2cc3c(cc24)oc2cc4cc(N(c5ccc(C#N)cc5)c5ccc(C(F)(F)F)cc5)ccc4cc23)cc1. The van der Waals surface area contributed by atoms with Gasteiger partial charge in [-0.05, 0) is 179 Å². The maximum Gasteiger partial charge on any atom is 0.416 e. The zero-order valence-corrected chi connectivity index (χ0v) is 34.0. The molecular weight excluding hydrogens is 851 g/mol. The number of hydrogen-bond acceptors (Lipinski definition) is 6. The number of nitrogens with zero attached hydrogens (tertiary/aromatic N) is 4. The molecular formula is C54H28F6N4O2. The Balaban J connectivity index is 0.977. The molecule has 0 bridgehead atoms. The van der Waals surface area contributed by atoms with Gasteiger partial charge in [0.25, 0.3) is 0 Å². The Bertz CT molecular complexity index is 3550. The van der Waals surface area contributed by atoms with E-state index in [0.29, 0.717) is 67.6 Å². The molecule has 66 heavy (non-hydrogen) atoms. The molecule has 11 rings (SSSR count). The first-order valence-electron chi connectivity index (χ1n) is 20.5. The Morgan fingerprint density at radius 1 is 0.333 bits per heavy atom. The minimum absolute atomic E-state index is 0.449. The van der Waals surface area contributed by atoms with Gasteiger partial charge in [-0.2, -0.15) is 36.9 Å². The van der Waals surface area contributed by atoms with Gasteiger partial charge in [0.15, 0.2) is 0 Å². The maximum atomic E-state index is 13.5. The molecule has 0 aliphatic rings. The number of rotatable bonds is 6. The van der Waals surface area contributed by atoms with Gasteiger partial charge in [0, 0.05) is 55.7 Å². The Morgan fingerprint density at radius 2 is 0.636 bits per heavy atom. The molecule has 2 heterocycles. The number of fused-ring (bicyclic) bond motifs is 8.